The number of halogens is 1. The number of hydrogen-bond acceptors (Lipinski definition) is 2. The highest BCUT2D eigenvalue weighted by atomic mass is 35.5. The molecule has 0 fully saturated rings. The Bertz CT molecular complexity index is 811. The van der Waals surface area contributed by atoms with Crippen LogP contribution in [-0.2, 0) is 11.2 Å². The number of benzene rings is 2. The Morgan fingerprint density at radius 2 is 1.76 bits per heavy atom. The van der Waals surface area contributed by atoms with Gasteiger partial charge in [0.15, 0.2) is 0 Å². The number of rotatable bonds is 2. The van der Waals surface area contributed by atoms with Gasteiger partial charge in [0.25, 0.3) is 0 Å². The highest BCUT2D eigenvalue weighted by molar-refractivity contribution is 6.04. The summed E-state index contributed by atoms with van der Waals surface area (Å²) < 4.78 is 0. The first-order valence-corrected chi connectivity index (χ1v) is 8.29. The van der Waals surface area contributed by atoms with Crippen LogP contribution in [0, 0.1) is 6.92 Å². The van der Waals surface area contributed by atoms with Crippen LogP contribution in [0.3, 0.4) is 0 Å². The molecule has 1 aliphatic heterocycles. The minimum atomic E-state index is -0.0985. The predicted octanol–water partition coefficient (Wildman–Crippen LogP) is 4.66. The second-order valence-corrected chi connectivity index (χ2v) is 7.04. The summed E-state index contributed by atoms with van der Waals surface area (Å²) in [5.41, 5.74) is 5.28. The molecule has 0 radical (unpaired) electrons. The lowest BCUT2D eigenvalue weighted by molar-refractivity contribution is -0.111. The van der Waals surface area contributed by atoms with Gasteiger partial charge in [0.2, 0.25) is 5.91 Å². The van der Waals surface area contributed by atoms with E-state index in [0.29, 0.717) is 0 Å². The van der Waals surface area contributed by atoms with E-state index in [1.165, 1.54) is 5.56 Å². The molecular weight excluding hydrogens is 332 g/mol. The highest BCUT2D eigenvalue weighted by Gasteiger charge is 2.33. The van der Waals surface area contributed by atoms with Crippen molar-refractivity contribution >= 4 is 29.7 Å². The Morgan fingerprint density at radius 1 is 1.12 bits per heavy atom. The van der Waals surface area contributed by atoms with Crippen molar-refractivity contribution in [1.82, 2.24) is 4.90 Å². The van der Waals surface area contributed by atoms with Crippen molar-refractivity contribution in [3.63, 3.8) is 0 Å². The number of para-hydroxylation sites is 1. The van der Waals surface area contributed by atoms with Crippen LogP contribution >= 0.6 is 12.4 Å². The summed E-state index contributed by atoms with van der Waals surface area (Å²) in [5.74, 6) is -0.0985. The van der Waals surface area contributed by atoms with Crippen LogP contribution in [0.1, 0.15) is 30.5 Å². The van der Waals surface area contributed by atoms with Gasteiger partial charge in [-0.1, -0.05) is 42.5 Å². The van der Waals surface area contributed by atoms with Crippen LogP contribution in [0.25, 0.3) is 5.70 Å². The lowest BCUT2D eigenvalue weighted by atomic mass is 9.84. The van der Waals surface area contributed by atoms with Gasteiger partial charge in [-0.05, 0) is 44.4 Å². The van der Waals surface area contributed by atoms with Gasteiger partial charge in [-0.25, -0.2) is 0 Å². The molecule has 2 aromatic carbocycles. The molecule has 132 valence electrons. The fourth-order valence-electron chi connectivity index (χ4n) is 3.20. The number of carbonyl (C=O) groups is 1. The molecule has 3 rings (SSSR count). The molecular formula is C21H25ClN2O. The Kier molecular flexibility index (Phi) is 5.58. The summed E-state index contributed by atoms with van der Waals surface area (Å²) in [5, 5.41) is 2.99. The molecule has 0 aromatic heterocycles. The maximum atomic E-state index is 12.6. The largest absolute Gasteiger partial charge is 0.368 e. The molecule has 25 heavy (non-hydrogen) atoms. The Balaban J connectivity index is 0.00000225. The van der Waals surface area contributed by atoms with Gasteiger partial charge in [0, 0.05) is 35.6 Å². The lowest BCUT2D eigenvalue weighted by Crippen LogP contribution is -2.45. The van der Waals surface area contributed by atoms with Crippen molar-refractivity contribution in [2.75, 3.05) is 12.4 Å². The number of anilines is 1. The first kappa shape index (κ1) is 19.1. The van der Waals surface area contributed by atoms with Crippen LogP contribution in [-0.4, -0.2) is 23.4 Å². The van der Waals surface area contributed by atoms with Gasteiger partial charge in [0.1, 0.15) is 0 Å². The van der Waals surface area contributed by atoms with E-state index in [-0.39, 0.29) is 23.9 Å². The standard InChI is InChI=1S/C21H24N2O.ClH/c1-15-9-5-8-12-18(15)22-20(24)13-19-17-11-7-6-10-16(17)14-21(2,3)23(19)4;/h5-13H,14H2,1-4H3,(H,22,24);1H/b19-13+;. The van der Waals surface area contributed by atoms with E-state index >= 15 is 0 Å². The second kappa shape index (κ2) is 7.32. The molecule has 0 bridgehead atoms. The third-order valence-electron chi connectivity index (χ3n) is 4.86. The normalized spacial score (nSPS) is 16.8. The summed E-state index contributed by atoms with van der Waals surface area (Å²) in [6, 6.07) is 16.1. The Labute approximate surface area is 156 Å². The van der Waals surface area contributed by atoms with Crippen LogP contribution in [0.2, 0.25) is 0 Å². The summed E-state index contributed by atoms with van der Waals surface area (Å²) >= 11 is 0. The van der Waals surface area contributed by atoms with E-state index in [9.17, 15) is 4.79 Å². The van der Waals surface area contributed by atoms with Gasteiger partial charge < -0.3 is 10.2 Å². The molecule has 1 amide bonds. The van der Waals surface area contributed by atoms with Gasteiger partial charge in [-0.2, -0.15) is 0 Å². The lowest BCUT2D eigenvalue weighted by Gasteiger charge is -2.44. The van der Waals surface area contributed by atoms with E-state index in [1.807, 2.05) is 37.3 Å². The molecule has 0 saturated carbocycles. The van der Waals surface area contributed by atoms with Crippen molar-refractivity contribution in [1.29, 1.82) is 0 Å². The monoisotopic (exact) mass is 356 g/mol. The quantitative estimate of drug-likeness (QED) is 0.793. The first-order valence-electron chi connectivity index (χ1n) is 8.29. The SMILES string of the molecule is Cc1ccccc1NC(=O)/C=C1\c2ccccc2CC(C)(C)N1C.Cl. The predicted molar refractivity (Wildman–Crippen MR) is 107 cm³/mol. The number of nitrogens with one attached hydrogen (secondary N) is 1. The summed E-state index contributed by atoms with van der Waals surface area (Å²) in [6.45, 7) is 6.40. The Morgan fingerprint density at radius 3 is 2.48 bits per heavy atom. The minimum Gasteiger partial charge on any atom is -0.368 e. The van der Waals surface area contributed by atoms with Gasteiger partial charge >= 0.3 is 0 Å². The molecule has 0 saturated heterocycles. The fourth-order valence-corrected chi connectivity index (χ4v) is 3.20. The van der Waals surface area contributed by atoms with Crippen LogP contribution < -0.4 is 5.32 Å². The highest BCUT2D eigenvalue weighted by Crippen LogP contribution is 2.36. The molecule has 1 aliphatic rings. The van der Waals surface area contributed by atoms with Crippen molar-refractivity contribution in [2.24, 2.45) is 0 Å². The molecule has 2 aromatic rings. The van der Waals surface area contributed by atoms with E-state index < -0.39 is 0 Å². The number of fused-ring (bicyclic) bond motifs is 1. The van der Waals surface area contributed by atoms with Gasteiger partial charge in [-0.3, -0.25) is 4.79 Å². The van der Waals surface area contributed by atoms with Crippen molar-refractivity contribution in [3.05, 3.63) is 71.3 Å². The van der Waals surface area contributed by atoms with Crippen molar-refractivity contribution < 1.29 is 4.79 Å². The fraction of sp³-hybridized carbons (Fsp3) is 0.286. The van der Waals surface area contributed by atoms with E-state index in [0.717, 1.165) is 28.9 Å². The third kappa shape index (κ3) is 3.88. The summed E-state index contributed by atoms with van der Waals surface area (Å²) in [6.07, 6.45) is 2.68. The number of nitrogens with zero attached hydrogens (tertiary/aromatic N) is 1. The number of hydrogen-bond donors (Lipinski definition) is 1. The molecule has 0 spiro atoms. The molecule has 4 heteroatoms. The molecule has 1 N–H and O–H groups in total. The van der Waals surface area contributed by atoms with Crippen LogP contribution in [0.5, 0.6) is 0 Å². The summed E-state index contributed by atoms with van der Waals surface area (Å²) in [4.78, 5) is 14.8. The van der Waals surface area contributed by atoms with E-state index in [4.69, 9.17) is 0 Å². The number of aryl methyl sites for hydroxylation is 1. The number of amides is 1. The zero-order chi connectivity index (χ0) is 17.3. The van der Waals surface area contributed by atoms with E-state index in [1.54, 1.807) is 6.08 Å². The van der Waals surface area contributed by atoms with E-state index in [2.05, 4.69) is 49.3 Å². The zero-order valence-electron chi connectivity index (χ0n) is 15.2. The maximum absolute atomic E-state index is 12.6. The van der Waals surface area contributed by atoms with Crippen molar-refractivity contribution in [3.8, 4) is 0 Å². The smallest absolute Gasteiger partial charge is 0.250 e. The van der Waals surface area contributed by atoms with Crippen molar-refractivity contribution in [2.45, 2.75) is 32.7 Å². The number of carbonyl (C=O) groups excluding carboxylic acids is 1. The average molecular weight is 357 g/mol. The molecule has 0 aliphatic carbocycles. The summed E-state index contributed by atoms with van der Waals surface area (Å²) in [7, 11) is 2.06. The van der Waals surface area contributed by atoms with Gasteiger partial charge in [0.05, 0.1) is 0 Å². The molecule has 1 heterocycles. The number of likely N-dealkylation sites (N-methyl/N-ethyl adjacent to an activating group) is 1. The zero-order valence-corrected chi connectivity index (χ0v) is 16.0. The maximum Gasteiger partial charge on any atom is 0.250 e. The first-order chi connectivity index (χ1) is 11.4. The Hall–Kier alpha value is -2.26. The molecule has 0 atom stereocenters. The third-order valence-corrected chi connectivity index (χ3v) is 4.86. The molecule has 3 nitrogen and oxygen atoms in total. The topological polar surface area (TPSA) is 32.3 Å². The van der Waals surface area contributed by atoms with Crippen LogP contribution in [0.15, 0.2) is 54.6 Å². The average Bonchev–Trinajstić information content (AvgIpc) is 2.54. The van der Waals surface area contributed by atoms with Gasteiger partial charge in [-0.15, -0.1) is 12.4 Å². The second-order valence-electron chi connectivity index (χ2n) is 7.04. The molecule has 0 unspecified atom stereocenters. The van der Waals surface area contributed by atoms with Crippen LogP contribution in [0.4, 0.5) is 5.69 Å². The minimum absolute atomic E-state index is 0.